The van der Waals surface area contributed by atoms with Crippen LogP contribution in [-0.4, -0.2) is 76.6 Å². The van der Waals surface area contributed by atoms with E-state index in [0.717, 1.165) is 81.0 Å². The van der Waals surface area contributed by atoms with E-state index in [1.54, 1.807) is 25.3 Å². The predicted octanol–water partition coefficient (Wildman–Crippen LogP) is 11.4. The fraction of sp³-hybridized carbons (Fsp3) is 0.415. The number of aryl methyl sites for hydroxylation is 1. The first-order chi connectivity index (χ1) is 36.9. The van der Waals surface area contributed by atoms with Gasteiger partial charge in [-0.15, -0.1) is 0 Å². The second kappa shape index (κ2) is 19.6. The van der Waals surface area contributed by atoms with Crippen LogP contribution in [0.1, 0.15) is 115 Å². The Morgan fingerprint density at radius 3 is 2.30 bits per heavy atom. The van der Waals surface area contributed by atoms with E-state index in [1.807, 2.05) is 60.7 Å². The number of hydrogen-bond donors (Lipinski definition) is 5. The summed E-state index contributed by atoms with van der Waals surface area (Å²) in [6.45, 7) is 1.44. The van der Waals surface area contributed by atoms with Crippen LogP contribution in [0, 0.1) is 29.1 Å². The Hall–Kier alpha value is -6.82. The molecule has 394 valence electrons. The maximum atomic E-state index is 16.2. The number of benzene rings is 6. The fourth-order valence-electron chi connectivity index (χ4n) is 16.4. The lowest BCUT2D eigenvalue weighted by atomic mass is 9.38. The van der Waals surface area contributed by atoms with Gasteiger partial charge in [-0.05, 0) is 197 Å². The zero-order chi connectivity index (χ0) is 52.6. The van der Waals surface area contributed by atoms with Crippen molar-refractivity contribution in [2.75, 3.05) is 20.8 Å². The van der Waals surface area contributed by atoms with Crippen LogP contribution in [0.25, 0.3) is 28.0 Å². The van der Waals surface area contributed by atoms with Crippen molar-refractivity contribution in [3.05, 3.63) is 154 Å². The molecule has 12 rings (SSSR count). The van der Waals surface area contributed by atoms with Crippen molar-refractivity contribution in [1.82, 2.24) is 0 Å². The molecule has 0 aliphatic heterocycles. The van der Waals surface area contributed by atoms with Crippen molar-refractivity contribution in [3.63, 3.8) is 0 Å². The predicted molar refractivity (Wildman–Crippen MR) is 290 cm³/mol. The van der Waals surface area contributed by atoms with Gasteiger partial charge in [0, 0.05) is 31.3 Å². The number of ether oxygens (including phenoxy) is 4. The summed E-state index contributed by atoms with van der Waals surface area (Å²) in [5.74, 6) is -1.78. The smallest absolute Gasteiger partial charge is 0.317 e. The molecule has 0 aromatic heterocycles. The standard InChI is InChI=1S/C65H68O11/c1-36(67)75-59-32-47(76-63(72)64(21-9-15-43(64)16-10-22-66)44-19-18-40-24-46(68)30-49(48(40)29-44)38-12-5-4-6-13-38)31-52-50-34-61(74-3)57(70)27-41(50)25-53-56(69)35-54-51-33-58(71)60(73-2)28-42(51)26-55(59)65(54,62(52)53)45-20-17-37-11-7-8-14-39(37)23-45/h4-8,11-14,18-19,23-24,27-30,33-34,43,47,52-56,59,62,66,68-71H,9-10,15-17,20-22,25-26,31-32,35H2,1-3H3/t43-,47-,52+,53+,54-,55+,56+,59+,62-,64+,65+/m0/s1. The van der Waals surface area contributed by atoms with Gasteiger partial charge in [0.15, 0.2) is 23.0 Å². The molecule has 6 aliphatic rings. The molecule has 6 aliphatic carbocycles. The number of esters is 2. The lowest BCUT2D eigenvalue weighted by Gasteiger charge is -2.66. The second-order valence-corrected chi connectivity index (χ2v) is 22.8. The number of phenolic OH excluding ortho intramolecular Hbond substituents is 3. The number of hydrogen-bond acceptors (Lipinski definition) is 11. The maximum absolute atomic E-state index is 16.2. The largest absolute Gasteiger partial charge is 0.508 e. The number of allylic oxidation sites excluding steroid dienone is 1. The lowest BCUT2D eigenvalue weighted by molar-refractivity contribution is -0.181. The van der Waals surface area contributed by atoms with Crippen molar-refractivity contribution in [2.45, 2.75) is 120 Å². The molecule has 11 heteroatoms. The number of methoxy groups -OCH3 is 2. The van der Waals surface area contributed by atoms with Gasteiger partial charge in [-0.2, -0.15) is 0 Å². The van der Waals surface area contributed by atoms with Crippen LogP contribution in [0.15, 0.2) is 115 Å². The van der Waals surface area contributed by atoms with Crippen molar-refractivity contribution in [1.29, 1.82) is 0 Å². The van der Waals surface area contributed by atoms with Crippen LogP contribution in [0.4, 0.5) is 0 Å². The summed E-state index contributed by atoms with van der Waals surface area (Å²) >= 11 is 0. The van der Waals surface area contributed by atoms with Gasteiger partial charge in [-0.1, -0.05) is 84.8 Å². The maximum Gasteiger partial charge on any atom is 0.317 e. The van der Waals surface area contributed by atoms with E-state index in [1.165, 1.54) is 25.2 Å². The summed E-state index contributed by atoms with van der Waals surface area (Å²) in [4.78, 5) is 30.1. The first-order valence-electron chi connectivity index (χ1n) is 27.4. The van der Waals surface area contributed by atoms with Crippen LogP contribution >= 0.6 is 0 Å². The van der Waals surface area contributed by atoms with E-state index in [-0.39, 0.29) is 71.8 Å². The lowest BCUT2D eigenvalue weighted by Crippen LogP contribution is -2.64. The average molecular weight is 1030 g/mol. The van der Waals surface area contributed by atoms with Crippen molar-refractivity contribution >= 4 is 28.8 Å². The topological polar surface area (TPSA) is 172 Å². The first kappa shape index (κ1) is 50.0. The van der Waals surface area contributed by atoms with Crippen LogP contribution in [-0.2, 0) is 43.7 Å². The van der Waals surface area contributed by atoms with Crippen LogP contribution < -0.4 is 9.47 Å². The van der Waals surface area contributed by atoms with Gasteiger partial charge in [0.05, 0.1) is 25.7 Å². The SMILES string of the molecule is COc1cc2c(cc1O)[C@@H]1C[C@@H](O)[C@H]3Cc4cc(O)c(OC)cc4[C@H]4C[C@H](OC(=O)[C@]5(c6ccc7cc(O)cc(-c8ccccc8)c7c6)CCC[C@H]5CCCO)C[C@@H](OC(C)=O)[C@@H](C2)[C@]1(C1=Cc2ccccc2CC1)[C@H]34. The number of aromatic hydroxyl groups is 3. The second-order valence-electron chi connectivity index (χ2n) is 22.8. The highest BCUT2D eigenvalue weighted by atomic mass is 16.6. The highest BCUT2D eigenvalue weighted by Gasteiger charge is 2.68. The van der Waals surface area contributed by atoms with Gasteiger partial charge in [0.2, 0.25) is 0 Å². The molecule has 0 bridgehead atoms. The van der Waals surface area contributed by atoms with Crippen molar-refractivity contribution in [3.8, 4) is 39.9 Å². The Labute approximate surface area is 444 Å². The third kappa shape index (κ3) is 8.05. The van der Waals surface area contributed by atoms with E-state index in [2.05, 4.69) is 36.4 Å². The molecule has 3 saturated carbocycles. The molecule has 0 heterocycles. The molecule has 0 saturated heterocycles. The number of phenols is 3. The Kier molecular flexibility index (Phi) is 12.9. The molecule has 11 atom stereocenters. The number of aliphatic hydroxyl groups excluding tert-OH is 2. The van der Waals surface area contributed by atoms with E-state index < -0.39 is 35.1 Å². The van der Waals surface area contributed by atoms with Gasteiger partial charge in [0.25, 0.3) is 0 Å². The molecule has 0 amide bonds. The van der Waals surface area contributed by atoms with E-state index >= 15 is 4.79 Å². The average Bonchev–Trinajstić information content (AvgIpc) is 3.63. The minimum absolute atomic E-state index is 0.0138. The van der Waals surface area contributed by atoms with Gasteiger partial charge in [-0.25, -0.2) is 0 Å². The van der Waals surface area contributed by atoms with Crippen LogP contribution in [0.5, 0.6) is 28.7 Å². The van der Waals surface area contributed by atoms with E-state index in [9.17, 15) is 30.3 Å². The van der Waals surface area contributed by atoms with Crippen molar-refractivity contribution < 1.29 is 54.1 Å². The fourth-order valence-corrected chi connectivity index (χ4v) is 16.4. The third-order valence-corrected chi connectivity index (χ3v) is 19.3. The molecular formula is C65H68O11. The number of rotatable bonds is 11. The summed E-state index contributed by atoms with van der Waals surface area (Å²) < 4.78 is 25.6. The highest BCUT2D eigenvalue weighted by molar-refractivity contribution is 5.99. The van der Waals surface area contributed by atoms with Gasteiger partial charge in [-0.3, -0.25) is 9.59 Å². The number of carbonyl (C=O) groups is 2. The van der Waals surface area contributed by atoms with Gasteiger partial charge in [0.1, 0.15) is 18.0 Å². The summed E-state index contributed by atoms with van der Waals surface area (Å²) in [5.41, 5.74) is 8.14. The van der Waals surface area contributed by atoms with Crippen molar-refractivity contribution in [2.24, 2.45) is 29.1 Å². The molecular weight excluding hydrogens is 957 g/mol. The number of fused-ring (bicyclic) bond motifs is 6. The summed E-state index contributed by atoms with van der Waals surface area (Å²) in [6, 6.07) is 35.5. The minimum atomic E-state index is -1.10. The molecule has 0 spiro atoms. The van der Waals surface area contributed by atoms with Gasteiger partial charge < -0.3 is 44.5 Å². The zero-order valence-electron chi connectivity index (χ0n) is 43.5. The summed E-state index contributed by atoms with van der Waals surface area (Å²) in [5, 5.41) is 58.9. The van der Waals surface area contributed by atoms with E-state index in [4.69, 9.17) is 18.9 Å². The zero-order valence-corrected chi connectivity index (χ0v) is 43.5. The van der Waals surface area contributed by atoms with Crippen LogP contribution in [0.2, 0.25) is 0 Å². The highest BCUT2D eigenvalue weighted by Crippen LogP contribution is 2.72. The number of aliphatic hydroxyl groups is 2. The van der Waals surface area contributed by atoms with Crippen LogP contribution in [0.3, 0.4) is 0 Å². The summed E-state index contributed by atoms with van der Waals surface area (Å²) in [6.07, 6.45) is 6.61. The quantitative estimate of drug-likeness (QED) is 0.0782. The Morgan fingerprint density at radius 1 is 0.750 bits per heavy atom. The van der Waals surface area contributed by atoms with Gasteiger partial charge >= 0.3 is 11.9 Å². The Morgan fingerprint density at radius 2 is 1.51 bits per heavy atom. The minimum Gasteiger partial charge on any atom is -0.508 e. The molecule has 0 radical (unpaired) electrons. The molecule has 3 fully saturated rings. The Bertz CT molecular complexity index is 3270. The molecule has 6 aromatic rings. The molecule has 6 aromatic carbocycles. The third-order valence-electron chi connectivity index (χ3n) is 19.3. The molecule has 5 N–H and O–H groups in total. The molecule has 0 unspecified atom stereocenters. The Balaban J connectivity index is 1.06. The normalized spacial score (nSPS) is 29.1. The first-order valence-corrected chi connectivity index (χ1v) is 27.4. The molecule has 76 heavy (non-hydrogen) atoms. The van der Waals surface area contributed by atoms with E-state index in [0.29, 0.717) is 56.4 Å². The summed E-state index contributed by atoms with van der Waals surface area (Å²) in [7, 11) is 3.09. The monoisotopic (exact) mass is 1020 g/mol. The molecule has 11 nitrogen and oxygen atoms in total. The number of carbonyl (C=O) groups excluding carboxylic acids is 2.